The minimum absolute atomic E-state index is 0.0392. The number of carbonyl (C=O) groups is 2. The van der Waals surface area contributed by atoms with Crippen LogP contribution >= 0.6 is 0 Å². The molecule has 4 heteroatoms. The molecule has 1 atom stereocenters. The fraction of sp³-hybridized carbons (Fsp3) is 0.429. The van der Waals surface area contributed by atoms with Crippen LogP contribution in [0.4, 0.5) is 0 Å². The van der Waals surface area contributed by atoms with E-state index in [1.807, 2.05) is 30.3 Å². The summed E-state index contributed by atoms with van der Waals surface area (Å²) in [6.07, 6.45) is 2.25. The van der Waals surface area contributed by atoms with Gasteiger partial charge in [-0.2, -0.15) is 0 Å². The van der Waals surface area contributed by atoms with Crippen molar-refractivity contribution >= 4 is 11.9 Å². The van der Waals surface area contributed by atoms with Gasteiger partial charge < -0.3 is 10.5 Å². The minimum atomic E-state index is -0.861. The van der Waals surface area contributed by atoms with Gasteiger partial charge in [-0.1, -0.05) is 36.8 Å². The highest BCUT2D eigenvalue weighted by atomic mass is 16.5. The van der Waals surface area contributed by atoms with Crippen molar-refractivity contribution in [1.29, 1.82) is 0 Å². The normalized spacial score (nSPS) is 16.7. The first kappa shape index (κ1) is 12.6. The minimum Gasteiger partial charge on any atom is -0.452 e. The van der Waals surface area contributed by atoms with E-state index in [9.17, 15) is 9.59 Å². The van der Waals surface area contributed by atoms with Crippen LogP contribution in [-0.4, -0.2) is 18.0 Å². The molecule has 0 spiro atoms. The molecule has 1 amide bonds. The molecular formula is C14H17NO3. The summed E-state index contributed by atoms with van der Waals surface area (Å²) in [6.45, 7) is 0. The molecule has 2 rings (SSSR count). The van der Waals surface area contributed by atoms with E-state index in [4.69, 9.17) is 10.5 Å². The van der Waals surface area contributed by atoms with Crippen LogP contribution in [0.15, 0.2) is 30.3 Å². The Morgan fingerprint density at radius 3 is 2.44 bits per heavy atom. The topological polar surface area (TPSA) is 69.4 Å². The Kier molecular flexibility index (Phi) is 3.97. The molecular weight excluding hydrogens is 230 g/mol. The largest absolute Gasteiger partial charge is 0.452 e. The molecule has 0 unspecified atom stereocenters. The van der Waals surface area contributed by atoms with E-state index < -0.39 is 12.0 Å². The van der Waals surface area contributed by atoms with Crippen molar-refractivity contribution in [3.05, 3.63) is 35.9 Å². The van der Waals surface area contributed by atoms with Gasteiger partial charge in [0.2, 0.25) is 0 Å². The Morgan fingerprint density at radius 1 is 1.28 bits per heavy atom. The van der Waals surface area contributed by atoms with Gasteiger partial charge in [-0.15, -0.1) is 0 Å². The average molecular weight is 247 g/mol. The van der Waals surface area contributed by atoms with Gasteiger partial charge in [-0.25, -0.2) is 0 Å². The zero-order valence-electron chi connectivity index (χ0n) is 10.2. The van der Waals surface area contributed by atoms with E-state index in [-0.39, 0.29) is 11.9 Å². The lowest BCUT2D eigenvalue weighted by Gasteiger charge is -2.25. The average Bonchev–Trinajstić information content (AvgIpc) is 2.27. The van der Waals surface area contributed by atoms with Crippen LogP contribution in [0.2, 0.25) is 0 Å². The molecule has 96 valence electrons. The molecule has 1 aliphatic carbocycles. The molecule has 2 N–H and O–H groups in total. The lowest BCUT2D eigenvalue weighted by atomic mass is 9.85. The summed E-state index contributed by atoms with van der Waals surface area (Å²) in [5.74, 6) is -0.921. The van der Waals surface area contributed by atoms with Crippen LogP contribution in [0.3, 0.4) is 0 Å². The number of primary amides is 1. The second kappa shape index (κ2) is 5.67. The van der Waals surface area contributed by atoms with Gasteiger partial charge in [0, 0.05) is 6.42 Å². The van der Waals surface area contributed by atoms with Gasteiger partial charge in [-0.05, 0) is 18.4 Å². The molecule has 1 aromatic carbocycles. The van der Waals surface area contributed by atoms with Crippen molar-refractivity contribution in [2.75, 3.05) is 0 Å². The van der Waals surface area contributed by atoms with Crippen LogP contribution in [0.25, 0.3) is 0 Å². The number of carbonyl (C=O) groups excluding carboxylic acids is 2. The first-order valence-corrected chi connectivity index (χ1v) is 6.20. The van der Waals surface area contributed by atoms with Crippen LogP contribution in [0, 0.1) is 5.92 Å². The van der Waals surface area contributed by atoms with Crippen molar-refractivity contribution < 1.29 is 14.3 Å². The predicted octanol–water partition coefficient (Wildman–Crippen LogP) is 1.43. The third-order valence-corrected chi connectivity index (χ3v) is 3.28. The van der Waals surface area contributed by atoms with Crippen LogP contribution in [0.1, 0.15) is 24.8 Å². The molecule has 4 nitrogen and oxygen atoms in total. The molecule has 0 radical (unpaired) electrons. The maximum atomic E-state index is 11.7. The van der Waals surface area contributed by atoms with E-state index in [0.717, 1.165) is 24.8 Å². The maximum absolute atomic E-state index is 11.7. The number of amides is 1. The molecule has 1 fully saturated rings. The van der Waals surface area contributed by atoms with Crippen LogP contribution in [0.5, 0.6) is 0 Å². The fourth-order valence-corrected chi connectivity index (χ4v) is 1.91. The number of nitrogens with two attached hydrogens (primary N) is 1. The highest BCUT2D eigenvalue weighted by Crippen LogP contribution is 2.28. The number of hydrogen-bond donors (Lipinski definition) is 1. The quantitative estimate of drug-likeness (QED) is 0.800. The Bertz CT molecular complexity index is 426. The van der Waals surface area contributed by atoms with Crippen molar-refractivity contribution in [2.45, 2.75) is 31.8 Å². The predicted molar refractivity (Wildman–Crippen MR) is 66.6 cm³/mol. The Balaban J connectivity index is 1.95. The van der Waals surface area contributed by atoms with E-state index in [1.165, 1.54) is 0 Å². The lowest BCUT2D eigenvalue weighted by molar-refractivity contribution is -0.161. The summed E-state index contributed by atoms with van der Waals surface area (Å²) >= 11 is 0. The number of rotatable bonds is 5. The van der Waals surface area contributed by atoms with E-state index in [1.54, 1.807) is 0 Å². The highest BCUT2D eigenvalue weighted by molar-refractivity contribution is 5.83. The van der Waals surface area contributed by atoms with Gasteiger partial charge in [0.05, 0.1) is 5.92 Å². The van der Waals surface area contributed by atoms with Crippen LogP contribution in [-0.2, 0) is 20.7 Å². The van der Waals surface area contributed by atoms with E-state index in [2.05, 4.69) is 0 Å². The monoisotopic (exact) mass is 247 g/mol. The summed E-state index contributed by atoms with van der Waals surface area (Å²) in [5.41, 5.74) is 6.21. The second-order valence-electron chi connectivity index (χ2n) is 4.65. The lowest BCUT2D eigenvalue weighted by Crippen LogP contribution is -2.38. The van der Waals surface area contributed by atoms with E-state index >= 15 is 0 Å². The summed E-state index contributed by atoms with van der Waals surface area (Å²) in [4.78, 5) is 23.0. The van der Waals surface area contributed by atoms with Gasteiger partial charge >= 0.3 is 5.97 Å². The third-order valence-electron chi connectivity index (χ3n) is 3.28. The molecule has 0 bridgehead atoms. The SMILES string of the molecule is NC(=O)[C@@H](Cc1ccccc1)OC(=O)C1CCC1. The summed E-state index contributed by atoms with van der Waals surface area (Å²) in [5, 5.41) is 0. The molecule has 1 saturated carbocycles. The van der Waals surface area contributed by atoms with Gasteiger partial charge in [-0.3, -0.25) is 9.59 Å². The smallest absolute Gasteiger partial charge is 0.309 e. The van der Waals surface area contributed by atoms with Crippen molar-refractivity contribution in [1.82, 2.24) is 0 Å². The Labute approximate surface area is 106 Å². The van der Waals surface area contributed by atoms with Crippen molar-refractivity contribution in [3.8, 4) is 0 Å². The summed E-state index contributed by atoms with van der Waals surface area (Å²) < 4.78 is 5.21. The third kappa shape index (κ3) is 3.09. The number of ether oxygens (including phenoxy) is 1. The number of esters is 1. The van der Waals surface area contributed by atoms with Gasteiger partial charge in [0.1, 0.15) is 0 Å². The fourth-order valence-electron chi connectivity index (χ4n) is 1.91. The molecule has 0 aromatic heterocycles. The summed E-state index contributed by atoms with van der Waals surface area (Å²) in [7, 11) is 0. The van der Waals surface area contributed by atoms with E-state index in [0.29, 0.717) is 6.42 Å². The standard InChI is InChI=1S/C14H17NO3/c15-13(16)12(9-10-5-2-1-3-6-10)18-14(17)11-7-4-8-11/h1-3,5-6,11-12H,4,7-9H2,(H2,15,16)/t12-/m1/s1. The zero-order valence-corrected chi connectivity index (χ0v) is 10.2. The Morgan fingerprint density at radius 2 is 1.94 bits per heavy atom. The van der Waals surface area contributed by atoms with Crippen molar-refractivity contribution in [2.24, 2.45) is 11.7 Å². The maximum Gasteiger partial charge on any atom is 0.309 e. The highest BCUT2D eigenvalue weighted by Gasteiger charge is 2.30. The van der Waals surface area contributed by atoms with Crippen molar-refractivity contribution in [3.63, 3.8) is 0 Å². The molecule has 0 aliphatic heterocycles. The number of benzene rings is 1. The summed E-state index contributed by atoms with van der Waals surface area (Å²) in [6, 6.07) is 9.41. The van der Waals surface area contributed by atoms with Crippen LogP contribution < -0.4 is 5.73 Å². The van der Waals surface area contributed by atoms with Gasteiger partial charge in [0.15, 0.2) is 6.10 Å². The molecule has 18 heavy (non-hydrogen) atoms. The molecule has 1 aliphatic rings. The first-order chi connectivity index (χ1) is 8.66. The first-order valence-electron chi connectivity index (χ1n) is 6.20. The molecule has 1 aromatic rings. The molecule has 0 heterocycles. The second-order valence-corrected chi connectivity index (χ2v) is 4.65. The Hall–Kier alpha value is -1.84. The zero-order chi connectivity index (χ0) is 13.0. The number of hydrogen-bond acceptors (Lipinski definition) is 3. The van der Waals surface area contributed by atoms with Gasteiger partial charge in [0.25, 0.3) is 5.91 Å². The molecule has 0 saturated heterocycles.